The van der Waals surface area contributed by atoms with Crippen LogP contribution in [0.4, 0.5) is 17.6 Å². The minimum Gasteiger partial charge on any atom is -0.205 e. The van der Waals surface area contributed by atoms with Gasteiger partial charge in [-0.3, -0.25) is 0 Å². The summed E-state index contributed by atoms with van der Waals surface area (Å²) in [7, 11) is 0. The van der Waals surface area contributed by atoms with Gasteiger partial charge in [-0.25, -0.2) is 17.6 Å². The molecule has 0 fully saturated rings. The molecule has 0 aromatic heterocycles. The summed E-state index contributed by atoms with van der Waals surface area (Å²) in [6.07, 6.45) is -5.41. The maximum atomic E-state index is 12.4. The Bertz CT molecular complexity index is 267. The van der Waals surface area contributed by atoms with Gasteiger partial charge in [0.2, 0.25) is 0 Å². The predicted molar refractivity (Wildman–Crippen MR) is 50.4 cm³/mol. The van der Waals surface area contributed by atoms with Crippen molar-refractivity contribution in [2.75, 3.05) is 0 Å². The van der Waals surface area contributed by atoms with Gasteiger partial charge in [-0.05, 0) is 29.7 Å². The Morgan fingerprint density at radius 1 is 0.733 bits per heavy atom. The Morgan fingerprint density at radius 2 is 1.07 bits per heavy atom. The van der Waals surface area contributed by atoms with Crippen molar-refractivity contribution >= 4 is 0 Å². The third kappa shape index (κ3) is 2.94. The molecule has 4 heteroatoms. The topological polar surface area (TPSA) is 0 Å². The van der Waals surface area contributed by atoms with E-state index in [4.69, 9.17) is 0 Å². The van der Waals surface area contributed by atoms with Gasteiger partial charge in [0.05, 0.1) is 0 Å². The van der Waals surface area contributed by atoms with Gasteiger partial charge in [-0.2, -0.15) is 0 Å². The Kier molecular flexibility index (Phi) is 3.72. The smallest absolute Gasteiger partial charge is 0.205 e. The van der Waals surface area contributed by atoms with Crippen LogP contribution in [0.15, 0.2) is 18.2 Å². The van der Waals surface area contributed by atoms with E-state index in [1.54, 1.807) is 13.8 Å². The molecule has 0 bridgehead atoms. The van der Waals surface area contributed by atoms with E-state index in [1.807, 2.05) is 0 Å². The molecule has 0 aliphatic carbocycles. The number of alkyl halides is 4. The molecule has 1 aromatic carbocycles. The third-order valence-corrected chi connectivity index (χ3v) is 2.17. The second-order valence-corrected chi connectivity index (χ2v) is 3.69. The number of benzene rings is 1. The highest BCUT2D eigenvalue weighted by atomic mass is 19.3. The summed E-state index contributed by atoms with van der Waals surface area (Å²) in [6, 6.07) is 3.42. The quantitative estimate of drug-likeness (QED) is 0.648. The first kappa shape index (κ1) is 12.0. The first-order chi connectivity index (χ1) is 6.91. The molecule has 15 heavy (non-hydrogen) atoms. The Hall–Kier alpha value is -1.06. The summed E-state index contributed by atoms with van der Waals surface area (Å²) in [5, 5.41) is 0. The normalized spacial score (nSPS) is 11.8. The molecule has 0 nitrogen and oxygen atoms in total. The fourth-order valence-corrected chi connectivity index (χ4v) is 1.29. The lowest BCUT2D eigenvalue weighted by Crippen LogP contribution is -1.96. The molecule has 0 saturated heterocycles. The number of hydrogen-bond acceptors (Lipinski definition) is 0. The lowest BCUT2D eigenvalue weighted by molar-refractivity contribution is 0.144. The predicted octanol–water partition coefficient (Wildman–Crippen LogP) is 4.69. The zero-order valence-corrected chi connectivity index (χ0v) is 8.48. The highest BCUT2D eigenvalue weighted by Crippen LogP contribution is 2.29. The molecule has 0 unspecified atom stereocenters. The Labute approximate surface area is 85.9 Å². The van der Waals surface area contributed by atoms with E-state index in [0.29, 0.717) is 5.56 Å². The first-order valence-corrected chi connectivity index (χ1v) is 4.63. The standard InChI is InChI=1S/C11H12F4/c1-6(2)7-3-8(10(12)13)5-9(4-7)11(14)15/h3-6,10-11H,1-2H3. The van der Waals surface area contributed by atoms with E-state index in [2.05, 4.69) is 0 Å². The SMILES string of the molecule is CC(C)c1cc(C(F)F)cc(C(F)F)c1. The van der Waals surface area contributed by atoms with Crippen molar-refractivity contribution in [2.24, 2.45) is 0 Å². The Morgan fingerprint density at radius 3 is 1.33 bits per heavy atom. The van der Waals surface area contributed by atoms with Crippen LogP contribution in [0.3, 0.4) is 0 Å². The van der Waals surface area contributed by atoms with Crippen molar-refractivity contribution in [1.29, 1.82) is 0 Å². The van der Waals surface area contributed by atoms with Crippen LogP contribution in [0.2, 0.25) is 0 Å². The summed E-state index contributed by atoms with van der Waals surface area (Å²) in [4.78, 5) is 0. The van der Waals surface area contributed by atoms with Gasteiger partial charge in [0.15, 0.2) is 0 Å². The summed E-state index contributed by atoms with van der Waals surface area (Å²) in [6.45, 7) is 3.56. The van der Waals surface area contributed by atoms with Crippen LogP contribution in [-0.4, -0.2) is 0 Å². The van der Waals surface area contributed by atoms with E-state index in [-0.39, 0.29) is 17.0 Å². The van der Waals surface area contributed by atoms with Crippen molar-refractivity contribution in [2.45, 2.75) is 32.6 Å². The molecule has 0 spiro atoms. The van der Waals surface area contributed by atoms with Crippen LogP contribution in [0.1, 0.15) is 49.3 Å². The van der Waals surface area contributed by atoms with E-state index in [9.17, 15) is 17.6 Å². The minimum atomic E-state index is -2.71. The first-order valence-electron chi connectivity index (χ1n) is 4.63. The van der Waals surface area contributed by atoms with Gasteiger partial charge in [-0.15, -0.1) is 0 Å². The van der Waals surface area contributed by atoms with E-state index >= 15 is 0 Å². The van der Waals surface area contributed by atoms with E-state index in [1.165, 1.54) is 12.1 Å². The molecule has 0 N–H and O–H groups in total. The minimum absolute atomic E-state index is 0.0406. The van der Waals surface area contributed by atoms with Crippen molar-refractivity contribution < 1.29 is 17.6 Å². The molecular formula is C11H12F4. The lowest BCUT2D eigenvalue weighted by atomic mass is 9.98. The fraction of sp³-hybridized carbons (Fsp3) is 0.455. The van der Waals surface area contributed by atoms with Gasteiger partial charge in [0.1, 0.15) is 0 Å². The molecule has 0 atom stereocenters. The van der Waals surface area contributed by atoms with Crippen molar-refractivity contribution in [3.05, 3.63) is 34.9 Å². The van der Waals surface area contributed by atoms with Gasteiger partial charge < -0.3 is 0 Å². The molecule has 0 amide bonds. The van der Waals surface area contributed by atoms with Gasteiger partial charge in [0, 0.05) is 11.1 Å². The fourth-order valence-electron chi connectivity index (χ4n) is 1.29. The second-order valence-electron chi connectivity index (χ2n) is 3.69. The number of rotatable bonds is 3. The molecule has 0 radical (unpaired) electrons. The van der Waals surface area contributed by atoms with Crippen LogP contribution in [0.5, 0.6) is 0 Å². The lowest BCUT2D eigenvalue weighted by Gasteiger charge is -2.11. The summed E-state index contributed by atoms with van der Waals surface area (Å²) < 4.78 is 49.6. The van der Waals surface area contributed by atoms with Crippen molar-refractivity contribution in [3.8, 4) is 0 Å². The third-order valence-electron chi connectivity index (χ3n) is 2.17. The monoisotopic (exact) mass is 220 g/mol. The summed E-state index contributed by atoms with van der Waals surface area (Å²) in [5.41, 5.74) is -0.156. The maximum Gasteiger partial charge on any atom is 0.263 e. The highest BCUT2D eigenvalue weighted by molar-refractivity contribution is 5.33. The highest BCUT2D eigenvalue weighted by Gasteiger charge is 2.15. The molecule has 1 aromatic rings. The van der Waals surface area contributed by atoms with Gasteiger partial charge in [0.25, 0.3) is 12.9 Å². The zero-order chi connectivity index (χ0) is 11.6. The van der Waals surface area contributed by atoms with E-state index < -0.39 is 12.9 Å². The number of halogens is 4. The van der Waals surface area contributed by atoms with Gasteiger partial charge in [-0.1, -0.05) is 13.8 Å². The van der Waals surface area contributed by atoms with Crippen LogP contribution < -0.4 is 0 Å². The summed E-state index contributed by atoms with van der Waals surface area (Å²) in [5.74, 6) is -0.0406. The van der Waals surface area contributed by atoms with Crippen molar-refractivity contribution in [3.63, 3.8) is 0 Å². The molecule has 84 valence electrons. The van der Waals surface area contributed by atoms with Crippen LogP contribution in [0, 0.1) is 0 Å². The van der Waals surface area contributed by atoms with E-state index in [0.717, 1.165) is 6.07 Å². The molecule has 0 saturated carbocycles. The van der Waals surface area contributed by atoms with Crippen LogP contribution in [0.25, 0.3) is 0 Å². The Balaban J connectivity index is 3.20. The second kappa shape index (κ2) is 4.64. The average molecular weight is 220 g/mol. The van der Waals surface area contributed by atoms with Crippen molar-refractivity contribution in [1.82, 2.24) is 0 Å². The zero-order valence-electron chi connectivity index (χ0n) is 8.48. The van der Waals surface area contributed by atoms with Crippen LogP contribution in [-0.2, 0) is 0 Å². The molecular weight excluding hydrogens is 208 g/mol. The molecule has 0 heterocycles. The largest absolute Gasteiger partial charge is 0.263 e. The maximum absolute atomic E-state index is 12.4. The average Bonchev–Trinajstić information content (AvgIpc) is 2.16. The number of hydrogen-bond donors (Lipinski definition) is 0. The summed E-state index contributed by atoms with van der Waals surface area (Å²) >= 11 is 0. The molecule has 0 aliphatic heterocycles. The molecule has 0 aliphatic rings. The molecule has 1 rings (SSSR count). The van der Waals surface area contributed by atoms with Crippen LogP contribution >= 0.6 is 0 Å². The van der Waals surface area contributed by atoms with Gasteiger partial charge >= 0.3 is 0 Å².